The van der Waals surface area contributed by atoms with Gasteiger partial charge in [-0.15, -0.1) is 4.39 Å². The highest BCUT2D eigenvalue weighted by Gasteiger charge is 2.14. The average Bonchev–Trinajstić information content (AvgIpc) is 2.18. The summed E-state index contributed by atoms with van der Waals surface area (Å²) in [5.74, 6) is -0.169. The molecule has 0 bridgehead atoms. The highest BCUT2D eigenvalue weighted by atomic mass is 19.1. The SMILES string of the molecule is CN(C)c1cc[n+](CCC[N+](C)(C)C)c(F)c1. The Labute approximate surface area is 104 Å². The number of nitrogens with zero attached hydrogens (tertiary/aromatic N) is 3. The van der Waals surface area contributed by atoms with Crippen LogP contribution in [0.1, 0.15) is 6.42 Å². The van der Waals surface area contributed by atoms with Gasteiger partial charge in [-0.2, -0.15) is 4.57 Å². The molecule has 1 heterocycles. The Morgan fingerprint density at radius 1 is 1.29 bits per heavy atom. The Balaban J connectivity index is 2.61. The van der Waals surface area contributed by atoms with Crippen LogP contribution < -0.4 is 9.47 Å². The molecule has 0 saturated carbocycles. The first-order valence-corrected chi connectivity index (χ1v) is 5.96. The van der Waals surface area contributed by atoms with Gasteiger partial charge in [-0.25, -0.2) is 0 Å². The highest BCUT2D eigenvalue weighted by molar-refractivity contribution is 5.41. The van der Waals surface area contributed by atoms with E-state index in [1.165, 1.54) is 0 Å². The first-order valence-electron chi connectivity index (χ1n) is 5.96. The number of rotatable bonds is 5. The lowest BCUT2D eigenvalue weighted by Gasteiger charge is -2.22. The fourth-order valence-corrected chi connectivity index (χ4v) is 1.67. The summed E-state index contributed by atoms with van der Waals surface area (Å²) in [6, 6.07) is 3.51. The number of hydrogen-bond acceptors (Lipinski definition) is 1. The number of halogens is 1. The van der Waals surface area contributed by atoms with Crippen molar-refractivity contribution in [2.24, 2.45) is 0 Å². The van der Waals surface area contributed by atoms with E-state index in [1.54, 1.807) is 10.6 Å². The number of hydrogen-bond donors (Lipinski definition) is 0. The third-order valence-electron chi connectivity index (χ3n) is 2.71. The van der Waals surface area contributed by atoms with Gasteiger partial charge in [-0.3, -0.25) is 0 Å². The van der Waals surface area contributed by atoms with E-state index >= 15 is 0 Å². The summed E-state index contributed by atoms with van der Waals surface area (Å²) in [6.07, 6.45) is 2.80. The summed E-state index contributed by atoms with van der Waals surface area (Å²) >= 11 is 0. The van der Waals surface area contributed by atoms with Crippen LogP contribution >= 0.6 is 0 Å². The maximum absolute atomic E-state index is 13.8. The molecule has 1 aromatic heterocycles. The van der Waals surface area contributed by atoms with Crippen LogP contribution in [0.3, 0.4) is 0 Å². The van der Waals surface area contributed by atoms with Crippen molar-refractivity contribution in [1.82, 2.24) is 0 Å². The van der Waals surface area contributed by atoms with Crippen molar-refractivity contribution in [3.05, 3.63) is 24.3 Å². The molecule has 17 heavy (non-hydrogen) atoms. The van der Waals surface area contributed by atoms with Crippen molar-refractivity contribution in [1.29, 1.82) is 0 Å². The number of quaternary nitrogens is 1. The van der Waals surface area contributed by atoms with Crippen LogP contribution in [0.4, 0.5) is 10.1 Å². The molecular formula is C13H24FN3+2. The largest absolute Gasteiger partial charge is 0.377 e. The third-order valence-corrected chi connectivity index (χ3v) is 2.71. The number of aromatic nitrogens is 1. The lowest BCUT2D eigenvalue weighted by atomic mass is 10.3. The Kier molecular flexibility index (Phi) is 4.46. The average molecular weight is 241 g/mol. The molecule has 0 aliphatic heterocycles. The summed E-state index contributed by atoms with van der Waals surface area (Å²) in [5, 5.41) is 0. The molecule has 1 aromatic rings. The van der Waals surface area contributed by atoms with Gasteiger partial charge in [0, 0.05) is 20.2 Å². The second kappa shape index (κ2) is 5.45. The molecule has 0 N–H and O–H groups in total. The minimum absolute atomic E-state index is 0.169. The number of aryl methyl sites for hydroxylation is 1. The maximum atomic E-state index is 13.8. The molecule has 0 amide bonds. The molecule has 0 saturated heterocycles. The second-order valence-electron chi connectivity index (χ2n) is 5.66. The predicted octanol–water partition coefficient (Wildman–Crippen LogP) is 1.28. The summed E-state index contributed by atoms with van der Waals surface area (Å²) < 4.78 is 16.3. The maximum Gasteiger partial charge on any atom is 0.361 e. The molecule has 0 fully saturated rings. The second-order valence-corrected chi connectivity index (χ2v) is 5.66. The minimum atomic E-state index is -0.169. The molecule has 0 aromatic carbocycles. The van der Waals surface area contributed by atoms with Crippen molar-refractivity contribution in [3.8, 4) is 0 Å². The first kappa shape index (κ1) is 13.9. The van der Waals surface area contributed by atoms with Crippen LogP contribution in [0.5, 0.6) is 0 Å². The lowest BCUT2D eigenvalue weighted by Crippen LogP contribution is -2.42. The zero-order valence-corrected chi connectivity index (χ0v) is 11.6. The molecule has 0 atom stereocenters. The van der Waals surface area contributed by atoms with Gasteiger partial charge in [0.05, 0.1) is 45.9 Å². The molecular weight excluding hydrogens is 217 g/mol. The Bertz CT molecular complexity index is 369. The van der Waals surface area contributed by atoms with Crippen LogP contribution in [0, 0.1) is 5.95 Å². The lowest BCUT2D eigenvalue weighted by molar-refractivity contribution is -0.873. The molecule has 0 aliphatic rings. The van der Waals surface area contributed by atoms with Gasteiger partial charge in [0.1, 0.15) is 0 Å². The highest BCUT2D eigenvalue weighted by Crippen LogP contribution is 2.09. The predicted molar refractivity (Wildman–Crippen MR) is 68.4 cm³/mol. The minimum Gasteiger partial charge on any atom is -0.377 e. The quantitative estimate of drug-likeness (QED) is 0.428. The molecule has 3 nitrogen and oxygen atoms in total. The van der Waals surface area contributed by atoms with E-state index in [-0.39, 0.29) is 5.95 Å². The van der Waals surface area contributed by atoms with Crippen LogP contribution in [0.2, 0.25) is 0 Å². The molecule has 1 rings (SSSR count). The molecule has 0 unspecified atom stereocenters. The standard InChI is InChI=1S/C13H24FN3/c1-15(2)12-7-9-16(13(14)11-12)8-6-10-17(3,4)5/h7,9,11H,6,8,10H2,1-5H3/q+2. The van der Waals surface area contributed by atoms with Crippen molar-refractivity contribution in [2.45, 2.75) is 13.0 Å². The third kappa shape index (κ3) is 4.69. The van der Waals surface area contributed by atoms with Gasteiger partial charge in [-0.1, -0.05) is 0 Å². The topological polar surface area (TPSA) is 7.12 Å². The number of pyridine rings is 1. The zero-order chi connectivity index (χ0) is 13.1. The van der Waals surface area contributed by atoms with Gasteiger partial charge >= 0.3 is 5.95 Å². The van der Waals surface area contributed by atoms with Crippen LogP contribution in [-0.4, -0.2) is 46.3 Å². The van der Waals surface area contributed by atoms with E-state index in [9.17, 15) is 4.39 Å². The smallest absolute Gasteiger partial charge is 0.361 e. The zero-order valence-electron chi connectivity index (χ0n) is 11.6. The van der Waals surface area contributed by atoms with Gasteiger partial charge in [0.2, 0.25) is 0 Å². The summed E-state index contributed by atoms with van der Waals surface area (Å²) in [4.78, 5) is 1.90. The molecule has 0 spiro atoms. The molecule has 0 aliphatic carbocycles. The summed E-state index contributed by atoms with van der Waals surface area (Å²) in [6.45, 7) is 1.77. The van der Waals surface area contributed by atoms with E-state index in [0.29, 0.717) is 0 Å². The van der Waals surface area contributed by atoms with Crippen molar-refractivity contribution in [3.63, 3.8) is 0 Å². The van der Waals surface area contributed by atoms with Crippen LogP contribution in [0.25, 0.3) is 0 Å². The van der Waals surface area contributed by atoms with Crippen molar-refractivity contribution < 1.29 is 13.4 Å². The van der Waals surface area contributed by atoms with Crippen molar-refractivity contribution in [2.75, 3.05) is 46.7 Å². The van der Waals surface area contributed by atoms with E-state index in [2.05, 4.69) is 21.1 Å². The summed E-state index contributed by atoms with van der Waals surface area (Å²) in [5.41, 5.74) is 0.894. The normalized spacial score (nSPS) is 11.6. The van der Waals surface area contributed by atoms with E-state index < -0.39 is 0 Å². The Hall–Kier alpha value is -1.16. The first-order chi connectivity index (χ1) is 7.79. The fourth-order valence-electron chi connectivity index (χ4n) is 1.67. The molecule has 4 heteroatoms. The van der Waals surface area contributed by atoms with Crippen LogP contribution in [-0.2, 0) is 6.54 Å². The van der Waals surface area contributed by atoms with Gasteiger partial charge in [0.15, 0.2) is 12.7 Å². The van der Waals surface area contributed by atoms with Gasteiger partial charge < -0.3 is 9.38 Å². The molecule has 96 valence electrons. The Morgan fingerprint density at radius 2 is 1.94 bits per heavy atom. The monoisotopic (exact) mass is 241 g/mol. The van der Waals surface area contributed by atoms with E-state index in [0.717, 1.165) is 29.7 Å². The summed E-state index contributed by atoms with van der Waals surface area (Å²) in [7, 11) is 10.3. The number of anilines is 1. The van der Waals surface area contributed by atoms with E-state index in [4.69, 9.17) is 0 Å². The van der Waals surface area contributed by atoms with E-state index in [1.807, 2.05) is 31.3 Å². The van der Waals surface area contributed by atoms with Gasteiger partial charge in [-0.05, 0) is 0 Å². The van der Waals surface area contributed by atoms with Crippen molar-refractivity contribution >= 4 is 5.69 Å². The Morgan fingerprint density at radius 3 is 2.41 bits per heavy atom. The molecule has 0 radical (unpaired) electrons. The van der Waals surface area contributed by atoms with Gasteiger partial charge in [0.25, 0.3) is 0 Å². The van der Waals surface area contributed by atoms with Crippen LogP contribution in [0.15, 0.2) is 18.3 Å². The fraction of sp³-hybridized carbons (Fsp3) is 0.615.